The van der Waals surface area contributed by atoms with Crippen LogP contribution in [0.4, 0.5) is 0 Å². The molecule has 1 heterocycles. The Balaban J connectivity index is 1.83. The summed E-state index contributed by atoms with van der Waals surface area (Å²) in [6.45, 7) is 5.16. The molecule has 1 aromatic carbocycles. The second kappa shape index (κ2) is 7.54. The zero-order chi connectivity index (χ0) is 15.2. The van der Waals surface area contributed by atoms with E-state index in [9.17, 15) is 4.79 Å². The summed E-state index contributed by atoms with van der Waals surface area (Å²) >= 11 is 0. The maximum atomic E-state index is 12.3. The van der Waals surface area contributed by atoms with Crippen molar-refractivity contribution in [2.24, 2.45) is 5.73 Å². The molecule has 0 bridgehead atoms. The molecule has 5 nitrogen and oxygen atoms in total. The molecule has 0 radical (unpaired) electrons. The van der Waals surface area contributed by atoms with Gasteiger partial charge in [0, 0.05) is 32.7 Å². The third kappa shape index (κ3) is 4.81. The number of carbonyl (C=O) groups excluding carboxylic acids is 1. The summed E-state index contributed by atoms with van der Waals surface area (Å²) in [5.41, 5.74) is 7.02. The molecule has 2 N–H and O–H groups in total. The number of benzene rings is 1. The van der Waals surface area contributed by atoms with Crippen LogP contribution in [-0.2, 0) is 16.1 Å². The van der Waals surface area contributed by atoms with Crippen LogP contribution in [-0.4, -0.2) is 61.1 Å². The van der Waals surface area contributed by atoms with E-state index >= 15 is 0 Å². The van der Waals surface area contributed by atoms with Gasteiger partial charge in [-0.15, -0.1) is 0 Å². The molecule has 1 amide bonds. The van der Waals surface area contributed by atoms with Gasteiger partial charge in [-0.25, -0.2) is 0 Å². The summed E-state index contributed by atoms with van der Waals surface area (Å²) in [7, 11) is 1.85. The van der Waals surface area contributed by atoms with Gasteiger partial charge in [0.2, 0.25) is 5.91 Å². The topological polar surface area (TPSA) is 58.8 Å². The van der Waals surface area contributed by atoms with E-state index in [0.29, 0.717) is 19.7 Å². The zero-order valence-electron chi connectivity index (χ0n) is 12.9. The standard InChI is InChI=1S/C16H25N3O2/c1-13(17)15-11-19(8-9-21-15)12-16(20)18(2)10-14-6-4-3-5-7-14/h3-7,13,15H,8-12,17H2,1-2H3. The van der Waals surface area contributed by atoms with Crippen molar-refractivity contribution in [3.63, 3.8) is 0 Å². The summed E-state index contributed by atoms with van der Waals surface area (Å²) in [4.78, 5) is 16.2. The van der Waals surface area contributed by atoms with E-state index in [1.165, 1.54) is 0 Å². The number of hydrogen-bond acceptors (Lipinski definition) is 4. The molecule has 1 saturated heterocycles. The minimum Gasteiger partial charge on any atom is -0.374 e. The SMILES string of the molecule is CC(N)C1CN(CC(=O)N(C)Cc2ccccc2)CCO1. The predicted molar refractivity (Wildman–Crippen MR) is 82.7 cm³/mol. The van der Waals surface area contributed by atoms with E-state index in [-0.39, 0.29) is 18.1 Å². The first-order valence-corrected chi connectivity index (χ1v) is 7.43. The predicted octanol–water partition coefficient (Wildman–Crippen LogP) is 0.693. The Morgan fingerprint density at radius 2 is 2.19 bits per heavy atom. The molecule has 116 valence electrons. The fraction of sp³-hybridized carbons (Fsp3) is 0.562. The third-order valence-corrected chi connectivity index (χ3v) is 3.81. The van der Waals surface area contributed by atoms with E-state index < -0.39 is 0 Å². The largest absolute Gasteiger partial charge is 0.374 e. The van der Waals surface area contributed by atoms with Crippen molar-refractivity contribution < 1.29 is 9.53 Å². The molecule has 2 rings (SSSR count). The molecule has 0 aliphatic carbocycles. The lowest BCUT2D eigenvalue weighted by Gasteiger charge is -2.35. The third-order valence-electron chi connectivity index (χ3n) is 3.81. The first-order valence-electron chi connectivity index (χ1n) is 7.43. The zero-order valence-corrected chi connectivity index (χ0v) is 12.9. The molecule has 0 aromatic heterocycles. The summed E-state index contributed by atoms with van der Waals surface area (Å²) in [6.07, 6.45) is 0.0194. The van der Waals surface area contributed by atoms with Crippen molar-refractivity contribution in [2.45, 2.75) is 25.6 Å². The van der Waals surface area contributed by atoms with Crippen molar-refractivity contribution in [3.05, 3.63) is 35.9 Å². The number of carbonyl (C=O) groups is 1. The molecule has 1 aromatic rings. The summed E-state index contributed by atoms with van der Waals surface area (Å²) in [5.74, 6) is 0.129. The van der Waals surface area contributed by atoms with Crippen molar-refractivity contribution in [2.75, 3.05) is 33.3 Å². The average Bonchev–Trinajstić information content (AvgIpc) is 2.48. The molecule has 0 saturated carbocycles. The van der Waals surface area contributed by atoms with E-state index in [1.54, 1.807) is 4.90 Å². The Hall–Kier alpha value is -1.43. The molecule has 2 unspecified atom stereocenters. The van der Waals surface area contributed by atoms with Crippen LogP contribution in [0.2, 0.25) is 0 Å². The highest BCUT2D eigenvalue weighted by molar-refractivity contribution is 5.78. The molecular formula is C16H25N3O2. The van der Waals surface area contributed by atoms with Gasteiger partial charge in [0.15, 0.2) is 0 Å². The molecule has 1 fully saturated rings. The monoisotopic (exact) mass is 291 g/mol. The number of amides is 1. The first kappa shape index (κ1) is 15.9. The molecular weight excluding hydrogens is 266 g/mol. The fourth-order valence-corrected chi connectivity index (χ4v) is 2.45. The van der Waals surface area contributed by atoms with Crippen LogP contribution in [0.15, 0.2) is 30.3 Å². The molecule has 0 spiro atoms. The Kier molecular flexibility index (Phi) is 5.73. The summed E-state index contributed by atoms with van der Waals surface area (Å²) in [5, 5.41) is 0. The lowest BCUT2D eigenvalue weighted by atomic mass is 10.1. The van der Waals surface area contributed by atoms with Gasteiger partial charge < -0.3 is 15.4 Å². The minimum atomic E-state index is -0.00931. The number of nitrogens with zero attached hydrogens (tertiary/aromatic N) is 2. The highest BCUT2D eigenvalue weighted by Crippen LogP contribution is 2.09. The Morgan fingerprint density at radius 3 is 2.86 bits per heavy atom. The summed E-state index contributed by atoms with van der Waals surface area (Å²) in [6, 6.07) is 10.0. The average molecular weight is 291 g/mol. The minimum absolute atomic E-state index is 0.00931. The van der Waals surface area contributed by atoms with Crippen LogP contribution >= 0.6 is 0 Å². The van der Waals surface area contributed by atoms with Crippen LogP contribution in [0.5, 0.6) is 0 Å². The van der Waals surface area contributed by atoms with E-state index in [0.717, 1.165) is 18.7 Å². The van der Waals surface area contributed by atoms with Gasteiger partial charge in [-0.05, 0) is 12.5 Å². The first-order chi connectivity index (χ1) is 10.1. The van der Waals surface area contributed by atoms with E-state index in [2.05, 4.69) is 4.90 Å². The van der Waals surface area contributed by atoms with Gasteiger partial charge in [-0.3, -0.25) is 9.69 Å². The quantitative estimate of drug-likeness (QED) is 0.867. The Bertz CT molecular complexity index is 450. The molecule has 5 heteroatoms. The number of rotatable bonds is 5. The lowest BCUT2D eigenvalue weighted by molar-refractivity contribution is -0.133. The van der Waals surface area contributed by atoms with Gasteiger partial charge in [-0.1, -0.05) is 30.3 Å². The fourth-order valence-electron chi connectivity index (χ4n) is 2.45. The van der Waals surface area contributed by atoms with Gasteiger partial charge in [0.05, 0.1) is 19.3 Å². The van der Waals surface area contributed by atoms with Gasteiger partial charge in [0.25, 0.3) is 0 Å². The van der Waals surface area contributed by atoms with E-state index in [1.807, 2.05) is 44.3 Å². The van der Waals surface area contributed by atoms with Gasteiger partial charge >= 0.3 is 0 Å². The van der Waals surface area contributed by atoms with Crippen LogP contribution < -0.4 is 5.73 Å². The molecule has 1 aliphatic heterocycles. The van der Waals surface area contributed by atoms with Crippen molar-refractivity contribution in [3.8, 4) is 0 Å². The maximum Gasteiger partial charge on any atom is 0.236 e. The van der Waals surface area contributed by atoms with Gasteiger partial charge in [-0.2, -0.15) is 0 Å². The number of likely N-dealkylation sites (N-methyl/N-ethyl adjacent to an activating group) is 1. The van der Waals surface area contributed by atoms with Crippen LogP contribution in [0, 0.1) is 0 Å². The summed E-state index contributed by atoms with van der Waals surface area (Å²) < 4.78 is 5.62. The lowest BCUT2D eigenvalue weighted by Crippen LogP contribution is -2.51. The second-order valence-corrected chi connectivity index (χ2v) is 5.74. The van der Waals surface area contributed by atoms with Crippen LogP contribution in [0.3, 0.4) is 0 Å². The van der Waals surface area contributed by atoms with Gasteiger partial charge in [0.1, 0.15) is 0 Å². The number of hydrogen-bond donors (Lipinski definition) is 1. The molecule has 1 aliphatic rings. The molecule has 2 atom stereocenters. The number of nitrogens with two attached hydrogens (primary N) is 1. The van der Waals surface area contributed by atoms with E-state index in [4.69, 9.17) is 10.5 Å². The van der Waals surface area contributed by atoms with Crippen LogP contribution in [0.1, 0.15) is 12.5 Å². The number of ether oxygens (including phenoxy) is 1. The Labute approximate surface area is 126 Å². The number of morpholine rings is 1. The van der Waals surface area contributed by atoms with Crippen LogP contribution in [0.25, 0.3) is 0 Å². The maximum absolute atomic E-state index is 12.3. The second-order valence-electron chi connectivity index (χ2n) is 5.74. The van der Waals surface area contributed by atoms with Crippen molar-refractivity contribution in [1.29, 1.82) is 0 Å². The highest BCUT2D eigenvalue weighted by Gasteiger charge is 2.25. The van der Waals surface area contributed by atoms with Crippen molar-refractivity contribution in [1.82, 2.24) is 9.80 Å². The normalized spacial score (nSPS) is 21.0. The van der Waals surface area contributed by atoms with Crippen molar-refractivity contribution >= 4 is 5.91 Å². The smallest absolute Gasteiger partial charge is 0.236 e. The highest BCUT2D eigenvalue weighted by atomic mass is 16.5. The Morgan fingerprint density at radius 1 is 1.48 bits per heavy atom. The molecule has 21 heavy (non-hydrogen) atoms.